The van der Waals surface area contributed by atoms with Crippen molar-refractivity contribution in [2.24, 2.45) is 0 Å². The zero-order valence-corrected chi connectivity index (χ0v) is 60.3. The average molecular weight is 1510 g/mol. The molecule has 0 N–H and O–H groups in total. The van der Waals surface area contributed by atoms with Crippen LogP contribution in [0, 0.1) is 21.4 Å². The molecular weight excluding hydrogens is 1430 g/mol. The van der Waals surface area contributed by atoms with E-state index in [0.29, 0.717) is 0 Å². The zero-order chi connectivity index (χ0) is 65.0. The van der Waals surface area contributed by atoms with Gasteiger partial charge in [-0.3, -0.25) is 0 Å². The summed E-state index contributed by atoms with van der Waals surface area (Å²) in [7, 11) is 0. The molecule has 0 saturated heterocycles. The normalized spacial score (nSPS) is 11.5. The van der Waals surface area contributed by atoms with Crippen LogP contribution in [0.4, 0.5) is 0 Å². The van der Waals surface area contributed by atoms with E-state index in [1.54, 1.807) is 0 Å². The first kappa shape index (κ1) is 73.2. The van der Waals surface area contributed by atoms with Crippen LogP contribution in [0.1, 0.15) is 190 Å². The van der Waals surface area contributed by atoms with Crippen molar-refractivity contribution < 1.29 is 107 Å². The molecule has 0 spiro atoms. The molecule has 0 aliphatic rings. The van der Waals surface area contributed by atoms with Gasteiger partial charge < -0.3 is 43.0 Å². The van der Waals surface area contributed by atoms with Gasteiger partial charge in [-0.15, -0.1) is 0 Å². The van der Waals surface area contributed by atoms with Crippen LogP contribution in [-0.2, 0) is 32.5 Å². The lowest BCUT2D eigenvalue weighted by molar-refractivity contribution is -0.597. The van der Waals surface area contributed by atoms with E-state index in [2.05, 4.69) is 283 Å². The summed E-state index contributed by atoms with van der Waals surface area (Å²) in [6.07, 6.45) is 3.85. The molecule has 87 heavy (non-hydrogen) atoms. The van der Waals surface area contributed by atoms with Crippen molar-refractivity contribution in [1.82, 2.24) is 0 Å². The van der Waals surface area contributed by atoms with Gasteiger partial charge in [0.2, 0.25) is 0 Å². The Morgan fingerprint density at radius 1 is 0.253 bits per heavy atom. The molecule has 0 atom stereocenters. The Hall–Kier alpha value is -6.24. The van der Waals surface area contributed by atoms with Gasteiger partial charge in [0.25, 0.3) is 0 Å². The molecule has 9 aromatic rings. The maximum Gasteiger partial charge on any atom is 0.357 e. The second-order valence-electron chi connectivity index (χ2n) is 26.6. The molecule has 0 bridgehead atoms. The first-order valence-electron chi connectivity index (χ1n) is 28.7. The van der Waals surface area contributed by atoms with Gasteiger partial charge in [0.15, 0.2) is 21.4 Å². The SMILES string of the molecule is CC(C)(C)c1ccc([I+]c2ccc(C(C)(C)C)cc2)cc1.CC(C)(C)c1ccc([I+]c2ccc(C(C)(C)C)cc2)cc1.CC(C)(C)c1ccc([I+]c2ccc(C(C)(C)C)cc2)cc1.O=C([O-])c1ccco1.O=C([O-])c1ccco1.O=C([O-])c1ccco1. The third-order valence-corrected chi connectivity index (χ3v) is 21.1. The van der Waals surface area contributed by atoms with Gasteiger partial charge >= 0.3 is 63.6 Å². The molecule has 0 aliphatic heterocycles. The second-order valence-corrected chi connectivity index (χ2v) is 35.7. The van der Waals surface area contributed by atoms with Gasteiger partial charge in [0.1, 0.15) is 35.2 Å². The number of carboxylic acid groups (broad SMARTS) is 3. The summed E-state index contributed by atoms with van der Waals surface area (Å²) >= 11 is -0.211. The molecular formula is C75H87I3O9. The second kappa shape index (κ2) is 32.8. The molecule has 3 heterocycles. The molecule has 0 radical (unpaired) electrons. The summed E-state index contributed by atoms with van der Waals surface area (Å²) in [5.74, 6) is -4.25. The maximum absolute atomic E-state index is 9.86. The van der Waals surface area contributed by atoms with Gasteiger partial charge in [-0.2, -0.15) is 0 Å². The molecule has 0 amide bonds. The van der Waals surface area contributed by atoms with Crippen molar-refractivity contribution in [3.63, 3.8) is 0 Å². The van der Waals surface area contributed by atoms with Crippen molar-refractivity contribution in [2.45, 2.75) is 157 Å². The van der Waals surface area contributed by atoms with E-state index in [4.69, 9.17) is 0 Å². The third-order valence-electron chi connectivity index (χ3n) is 13.1. The van der Waals surface area contributed by atoms with E-state index in [1.165, 1.54) is 110 Å². The highest BCUT2D eigenvalue weighted by atomic mass is 127. The molecule has 12 heteroatoms. The number of hydrogen-bond acceptors (Lipinski definition) is 9. The van der Waals surface area contributed by atoms with Gasteiger partial charge in [-0.25, -0.2) is 0 Å². The van der Waals surface area contributed by atoms with Gasteiger partial charge in [0.05, 0.1) is 18.8 Å². The number of carboxylic acids is 3. The quantitative estimate of drug-likeness (QED) is 0.154. The van der Waals surface area contributed by atoms with E-state index in [1.807, 2.05) is 0 Å². The van der Waals surface area contributed by atoms with Crippen LogP contribution in [0.5, 0.6) is 0 Å². The van der Waals surface area contributed by atoms with E-state index >= 15 is 0 Å². The maximum atomic E-state index is 9.86. The van der Waals surface area contributed by atoms with Crippen LogP contribution in [0.2, 0.25) is 0 Å². The topological polar surface area (TPSA) is 160 Å². The minimum absolute atomic E-state index is 0.0703. The van der Waals surface area contributed by atoms with Crippen LogP contribution < -0.4 is 78.9 Å². The van der Waals surface area contributed by atoms with Gasteiger partial charge in [-0.05, 0) is 175 Å². The number of hydrogen-bond donors (Lipinski definition) is 0. The number of benzene rings is 6. The molecule has 0 saturated carbocycles. The number of halogens is 3. The lowest BCUT2D eigenvalue weighted by Crippen LogP contribution is -3.61. The van der Waals surface area contributed by atoms with E-state index in [-0.39, 0.29) is 113 Å². The Morgan fingerprint density at radius 3 is 0.471 bits per heavy atom. The predicted molar refractivity (Wildman–Crippen MR) is 332 cm³/mol. The number of carbonyl (C=O) groups is 3. The zero-order valence-electron chi connectivity index (χ0n) is 53.9. The van der Waals surface area contributed by atoms with Gasteiger partial charge in [0, 0.05) is 0 Å². The van der Waals surface area contributed by atoms with Crippen molar-refractivity contribution >= 4 is 17.9 Å². The molecule has 3 aromatic heterocycles. The van der Waals surface area contributed by atoms with E-state index < -0.39 is 17.9 Å². The van der Waals surface area contributed by atoms with Gasteiger partial charge in [-0.1, -0.05) is 197 Å². The summed E-state index contributed by atoms with van der Waals surface area (Å²) in [5, 5.41) is 29.6. The van der Waals surface area contributed by atoms with Crippen molar-refractivity contribution in [2.75, 3.05) is 0 Å². The fraction of sp³-hybridized carbons (Fsp3) is 0.320. The summed E-state index contributed by atoms with van der Waals surface area (Å²) in [6, 6.07) is 63.7. The predicted octanol–water partition coefficient (Wildman–Crippen LogP) is 6.16. The molecule has 6 aromatic carbocycles. The number of furan rings is 3. The summed E-state index contributed by atoms with van der Waals surface area (Å²) < 4.78 is 22.2. The van der Waals surface area contributed by atoms with Crippen LogP contribution in [0.15, 0.2) is 214 Å². The van der Waals surface area contributed by atoms with Crippen LogP contribution in [0.25, 0.3) is 0 Å². The standard InChI is InChI=1S/3C20H26I.3C5H4O3/c3*1-19(2,3)15-7-11-17(12-8-15)21-18-13-9-16(10-14-18)20(4,5)6;3*6-5(7)4-2-1-3-8-4/h3*7-14H,1-6H3;3*1-3H,(H,6,7)/q3*+1;;;/p-3. The van der Waals surface area contributed by atoms with Crippen molar-refractivity contribution in [1.29, 1.82) is 0 Å². The summed E-state index contributed by atoms with van der Waals surface area (Å²) in [4.78, 5) is 29.6. The lowest BCUT2D eigenvalue weighted by Gasteiger charge is -2.18. The minimum Gasteiger partial charge on any atom is -0.542 e. The Labute approximate surface area is 549 Å². The molecule has 9 nitrogen and oxygen atoms in total. The highest BCUT2D eigenvalue weighted by molar-refractivity contribution is 5.82. The summed E-state index contributed by atoms with van der Waals surface area (Å²) in [6.45, 7) is 40.8. The first-order chi connectivity index (χ1) is 40.4. The van der Waals surface area contributed by atoms with Crippen LogP contribution >= 0.6 is 0 Å². The Bertz CT molecular complexity index is 2890. The van der Waals surface area contributed by atoms with Crippen molar-refractivity contribution in [3.05, 3.63) is 273 Å². The highest BCUT2D eigenvalue weighted by Gasteiger charge is 2.24. The van der Waals surface area contributed by atoms with E-state index in [0.717, 1.165) is 0 Å². The highest BCUT2D eigenvalue weighted by Crippen LogP contribution is 2.25. The molecule has 0 aliphatic carbocycles. The molecule has 0 fully saturated rings. The fourth-order valence-electron chi connectivity index (χ4n) is 7.64. The third kappa shape index (κ3) is 26.6. The van der Waals surface area contributed by atoms with E-state index in [9.17, 15) is 29.7 Å². The molecule has 9 rings (SSSR count). The molecule has 462 valence electrons. The van der Waals surface area contributed by atoms with Crippen LogP contribution in [0.3, 0.4) is 0 Å². The smallest absolute Gasteiger partial charge is 0.357 e. The fourth-order valence-corrected chi connectivity index (χ4v) is 14.1. The Kier molecular flexibility index (Phi) is 27.6. The minimum atomic E-state index is -1.28. The number of carbonyl (C=O) groups excluding carboxylic acids is 3. The Balaban J connectivity index is 0.000000235. The summed E-state index contributed by atoms with van der Waals surface area (Å²) in [5.41, 5.74) is 9.94. The lowest BCUT2D eigenvalue weighted by atomic mass is 9.87. The number of rotatable bonds is 9. The first-order valence-corrected chi connectivity index (χ1v) is 35.2. The van der Waals surface area contributed by atoms with Crippen LogP contribution in [-0.4, -0.2) is 17.9 Å². The largest absolute Gasteiger partial charge is 0.542 e. The monoisotopic (exact) mass is 1510 g/mol. The van der Waals surface area contributed by atoms with Crippen molar-refractivity contribution in [3.8, 4) is 0 Å². The average Bonchev–Trinajstić information content (AvgIpc) is 3.53. The number of aromatic carboxylic acids is 3. The molecule has 0 unspecified atom stereocenters. The Morgan fingerprint density at radius 2 is 0.391 bits per heavy atom.